The molecule has 3 saturated heterocycles. The highest BCUT2D eigenvalue weighted by Crippen LogP contribution is 2.50. The normalized spacial score (nSPS) is 19.2. The van der Waals surface area contributed by atoms with Crippen LogP contribution in [0.25, 0.3) is 108 Å². The fourth-order valence-electron chi connectivity index (χ4n) is 25.2. The summed E-state index contributed by atoms with van der Waals surface area (Å²) in [6.45, 7) is 42.5. The Morgan fingerprint density at radius 1 is 0.340 bits per heavy atom. The highest BCUT2D eigenvalue weighted by molar-refractivity contribution is 6.17. The molecule has 2 N–H and O–H groups in total. The molecular formula is C128H143N5O14. The molecule has 147 heavy (non-hydrogen) atoms. The standard InChI is InChI=1S/C29H33NO4.C27H31NO4.2C24H27NO2.C24H25NO2/c1-8-20(31)13-19-14-24-25-15-27(33-7)18(3)12-23(25)22-11-17(2)9-10-21(22)26(24)16-30(19)28(32)34-29(4,5)6;1-16-7-8-19-20(11-16)21-12-17(2)25(31-6)14-23(21)22-13-18(9-10-29)28(15-24(19)22)26(30)32-27(3,4)5;3*1-14-4-5-18-19(8-14)20-9-15(2)24(27-3)12-22(20)21-11-16-10-17(26)6-7-25(16)13-23(18)21/h8-12,15,19H,1,13-14,16H2,2-7H3;7-8,10-12,14,18H,9,13,15H2,1-6H3;2*4-5,8-9,12,16-17,26H,6-7,10-11,13H2,1-3H3;4-5,8-9,12,16H,6-7,10-11,13H2,1-3H3/t19-;18-;16-,17+;16-,17-;16-/m11111/s1. The number of ketones is 2. The first-order valence-electron chi connectivity index (χ1n) is 52.6. The van der Waals surface area contributed by atoms with Gasteiger partial charge in [0.2, 0.25) is 0 Å². The first kappa shape index (κ1) is 103. The summed E-state index contributed by atoms with van der Waals surface area (Å²) in [5.74, 6) is 4.86. The molecule has 8 aliphatic rings. The maximum atomic E-state index is 13.2. The van der Waals surface area contributed by atoms with Crippen LogP contribution in [0.5, 0.6) is 28.7 Å². The Bertz CT molecular complexity index is 7700. The summed E-state index contributed by atoms with van der Waals surface area (Å²) in [6, 6.07) is 56.3. The van der Waals surface area contributed by atoms with E-state index in [0.29, 0.717) is 62.7 Å². The third-order valence-corrected chi connectivity index (χ3v) is 32.5. The van der Waals surface area contributed by atoms with E-state index in [-0.39, 0.29) is 49.0 Å². The number of nitrogens with zero attached hydrogens (tertiary/aromatic N) is 5. The number of ether oxygens (including phenoxy) is 7. The van der Waals surface area contributed by atoms with E-state index >= 15 is 0 Å². The predicted octanol–water partition coefficient (Wildman–Crippen LogP) is 26.0. The van der Waals surface area contributed by atoms with E-state index in [9.17, 15) is 34.2 Å². The van der Waals surface area contributed by atoms with Crippen molar-refractivity contribution in [3.05, 3.63) is 276 Å². The lowest BCUT2D eigenvalue weighted by atomic mass is 9.81. The van der Waals surface area contributed by atoms with E-state index in [0.717, 1.165) is 185 Å². The molecule has 0 aromatic heterocycles. The van der Waals surface area contributed by atoms with Crippen molar-refractivity contribution in [1.82, 2.24) is 24.5 Å². The Hall–Kier alpha value is -13.0. The Kier molecular flexibility index (Phi) is 28.8. The van der Waals surface area contributed by atoms with Crippen LogP contribution in [0, 0.1) is 69.2 Å². The average molecular weight is 1980 g/mol. The van der Waals surface area contributed by atoms with E-state index in [1.807, 2.05) is 41.5 Å². The number of carbonyl (C=O) groups is 5. The maximum absolute atomic E-state index is 13.2. The number of aliphatic hydroxyl groups excluding tert-OH is 2. The monoisotopic (exact) mass is 1970 g/mol. The van der Waals surface area contributed by atoms with Crippen LogP contribution < -0.4 is 23.7 Å². The summed E-state index contributed by atoms with van der Waals surface area (Å²) in [4.78, 5) is 73.4. The van der Waals surface area contributed by atoms with Gasteiger partial charge in [-0.25, -0.2) is 9.59 Å². The Morgan fingerprint density at radius 2 is 0.612 bits per heavy atom. The smallest absolute Gasteiger partial charge is 0.410 e. The third-order valence-electron chi connectivity index (χ3n) is 32.5. The SMILES string of the molecule is C=CC(=O)C[C@@H]1Cc2c(c3ccc(C)cc3c3cc(C)c(OC)cc23)CN1C(=O)OC(C)(C)C.COc1cc2c3c(c4ccc(C)cc4c2cc1C)CN(C(=O)OC(C)(C)C)[C@H](CC=O)C3.COc1cc2c3c(c4ccc(C)cc4c2cc1C)CN1CCC(=O)C[C@@H]1C3.COc1cc2c3c(c4ccc(C)cc4c2cc1C)CN1CC[C@@H](O)C[C@@H]1C3.COc1cc2c3c(c4ccc(C)cc4c2cc1C)CN1CC[C@H](O)C[C@@H]1C3. The number of amides is 2. The zero-order valence-corrected chi connectivity index (χ0v) is 89.7. The fourth-order valence-corrected chi connectivity index (χ4v) is 25.2. The topological polar surface area (TPSA) is 207 Å². The minimum absolute atomic E-state index is 0.0869. The number of benzene rings is 15. The summed E-state index contributed by atoms with van der Waals surface area (Å²) >= 11 is 0. The van der Waals surface area contributed by atoms with Gasteiger partial charge in [0.1, 0.15) is 52.0 Å². The quantitative estimate of drug-likeness (QED) is 0.0741. The lowest BCUT2D eigenvalue weighted by Crippen LogP contribution is -2.47. The maximum Gasteiger partial charge on any atom is 0.410 e. The molecule has 0 saturated carbocycles. The van der Waals surface area contributed by atoms with Gasteiger partial charge in [-0.1, -0.05) is 125 Å². The number of piperidine rings is 3. The number of aliphatic hydroxyl groups is 2. The molecular weight excluding hydrogens is 1830 g/mol. The van der Waals surface area contributed by atoms with Crippen LogP contribution in [-0.4, -0.2) is 174 Å². The number of rotatable bonds is 10. The Morgan fingerprint density at radius 3 is 0.905 bits per heavy atom. The number of hydrogen-bond donors (Lipinski definition) is 2. The van der Waals surface area contributed by atoms with Gasteiger partial charge in [0.25, 0.3) is 0 Å². The van der Waals surface area contributed by atoms with Crippen molar-refractivity contribution in [2.75, 3.05) is 55.2 Å². The van der Waals surface area contributed by atoms with Gasteiger partial charge in [0.15, 0.2) is 5.78 Å². The lowest BCUT2D eigenvalue weighted by molar-refractivity contribution is -0.123. The Labute approximate surface area is 864 Å². The molecule has 2 amide bonds. The summed E-state index contributed by atoms with van der Waals surface area (Å²) in [5.41, 5.74) is 23.9. The zero-order chi connectivity index (χ0) is 104. The van der Waals surface area contributed by atoms with Crippen LogP contribution in [0.1, 0.15) is 204 Å². The highest BCUT2D eigenvalue weighted by Gasteiger charge is 2.42. The molecule has 0 aliphatic carbocycles. The van der Waals surface area contributed by atoms with Crippen molar-refractivity contribution in [3.63, 3.8) is 0 Å². The first-order chi connectivity index (χ1) is 70.3. The number of methoxy groups -OCH3 is 5. The van der Waals surface area contributed by atoms with E-state index in [2.05, 4.69) is 242 Å². The van der Waals surface area contributed by atoms with Crippen LogP contribution in [0.4, 0.5) is 9.59 Å². The Balaban J connectivity index is 0.000000116. The highest BCUT2D eigenvalue weighted by atomic mass is 16.6. The number of fused-ring (bicyclic) bond motifs is 33. The lowest BCUT2D eigenvalue weighted by Gasteiger charge is -2.42. The van der Waals surface area contributed by atoms with Crippen LogP contribution >= 0.6 is 0 Å². The van der Waals surface area contributed by atoms with Crippen LogP contribution in [-0.2, 0) is 88.7 Å². The number of carbonyl (C=O) groups excluding carboxylic acids is 5. The molecule has 0 bridgehead atoms. The van der Waals surface area contributed by atoms with Gasteiger partial charge in [-0.2, -0.15) is 0 Å². The molecule has 15 aromatic carbocycles. The van der Waals surface area contributed by atoms with Crippen LogP contribution in [0.3, 0.4) is 0 Å². The van der Waals surface area contributed by atoms with E-state index in [4.69, 9.17) is 33.2 Å². The second kappa shape index (κ2) is 41.3. The van der Waals surface area contributed by atoms with Crippen molar-refractivity contribution < 1.29 is 67.3 Å². The molecule has 23 rings (SSSR count). The van der Waals surface area contributed by atoms with Gasteiger partial charge in [-0.15, -0.1) is 0 Å². The molecule has 764 valence electrons. The summed E-state index contributed by atoms with van der Waals surface area (Å²) in [6.07, 6.45) is 10.7. The van der Waals surface area contributed by atoms with Crippen molar-refractivity contribution in [2.45, 2.75) is 281 Å². The molecule has 19 nitrogen and oxygen atoms in total. The molecule has 0 unspecified atom stereocenters. The first-order valence-corrected chi connectivity index (χ1v) is 52.6. The van der Waals surface area contributed by atoms with Crippen molar-refractivity contribution in [3.8, 4) is 28.7 Å². The largest absolute Gasteiger partial charge is 0.496 e. The number of allylic oxidation sites excluding steroid dienone is 1. The second-order valence-electron chi connectivity index (χ2n) is 44.9. The minimum atomic E-state index is -0.627. The van der Waals surface area contributed by atoms with Gasteiger partial charge >= 0.3 is 12.2 Å². The molecule has 19 heteroatoms. The van der Waals surface area contributed by atoms with Crippen LogP contribution in [0.15, 0.2) is 164 Å². The average Bonchev–Trinajstić information content (AvgIpc) is 0.745. The number of aryl methyl sites for hydroxylation is 10. The second-order valence-corrected chi connectivity index (χ2v) is 44.9. The predicted molar refractivity (Wildman–Crippen MR) is 595 cm³/mol. The molecule has 8 heterocycles. The third kappa shape index (κ3) is 20.2. The molecule has 0 radical (unpaired) electrons. The van der Waals surface area contributed by atoms with E-state index < -0.39 is 17.3 Å². The molecule has 15 aromatic rings. The summed E-state index contributed by atoms with van der Waals surface area (Å²) < 4.78 is 39.7. The van der Waals surface area contributed by atoms with Gasteiger partial charge < -0.3 is 58.0 Å². The van der Waals surface area contributed by atoms with Crippen molar-refractivity contribution >= 4 is 138 Å². The number of aldehydes is 1. The fraction of sp³-hybridized carbons (Fsp3) is 0.398. The summed E-state index contributed by atoms with van der Waals surface area (Å²) in [7, 11) is 8.62. The van der Waals surface area contributed by atoms with E-state index in [1.165, 1.54) is 159 Å². The van der Waals surface area contributed by atoms with Crippen molar-refractivity contribution in [2.24, 2.45) is 0 Å². The summed E-state index contributed by atoms with van der Waals surface area (Å²) in [5, 5.41) is 45.6. The van der Waals surface area contributed by atoms with E-state index in [1.54, 1.807) is 45.3 Å². The van der Waals surface area contributed by atoms with Gasteiger partial charge in [-0.05, 0) is 426 Å². The van der Waals surface area contributed by atoms with Gasteiger partial charge in [-0.3, -0.25) is 24.3 Å². The van der Waals surface area contributed by atoms with Gasteiger partial charge in [0, 0.05) is 95.2 Å². The molecule has 8 aliphatic heterocycles. The van der Waals surface area contributed by atoms with Gasteiger partial charge in [0.05, 0.1) is 60.8 Å². The van der Waals surface area contributed by atoms with Crippen molar-refractivity contribution in [1.29, 1.82) is 0 Å². The van der Waals surface area contributed by atoms with Crippen LogP contribution in [0.2, 0.25) is 0 Å². The molecule has 0 spiro atoms. The number of Topliss-reactive ketones (excluding diaryl/α,β-unsaturated/α-hetero) is 1. The minimum Gasteiger partial charge on any atom is -0.496 e. The molecule has 7 atom stereocenters. The molecule has 3 fully saturated rings. The number of hydrogen-bond acceptors (Lipinski definition) is 17. The zero-order valence-electron chi connectivity index (χ0n) is 89.7.